The minimum absolute atomic E-state index is 0.754. The van der Waals surface area contributed by atoms with Crippen LogP contribution in [0.3, 0.4) is 0 Å². The Bertz CT molecular complexity index is 803. The van der Waals surface area contributed by atoms with Crippen molar-refractivity contribution in [3.8, 4) is 5.75 Å². The van der Waals surface area contributed by atoms with Gasteiger partial charge in [-0.2, -0.15) is 0 Å². The van der Waals surface area contributed by atoms with Crippen molar-refractivity contribution in [2.24, 2.45) is 10.2 Å². The summed E-state index contributed by atoms with van der Waals surface area (Å²) in [6, 6.07) is 11.5. The smallest absolute Gasteiger partial charge is 0.182 e. The van der Waals surface area contributed by atoms with Crippen LogP contribution in [0.2, 0.25) is 0 Å². The first-order valence-electron chi connectivity index (χ1n) is 6.69. The van der Waals surface area contributed by atoms with Gasteiger partial charge >= 0.3 is 0 Å². The molecule has 0 bridgehead atoms. The second kappa shape index (κ2) is 5.36. The van der Waals surface area contributed by atoms with Crippen molar-refractivity contribution in [1.29, 1.82) is 0 Å². The Kier molecular flexibility index (Phi) is 3.39. The molecule has 0 aliphatic rings. The van der Waals surface area contributed by atoms with Gasteiger partial charge in [0, 0.05) is 6.20 Å². The molecule has 0 N–H and O–H groups in total. The number of nitrogens with zero attached hydrogens (tertiary/aromatic N) is 4. The molecule has 0 radical (unpaired) electrons. The fourth-order valence-electron chi connectivity index (χ4n) is 2.18. The SMILES string of the molecule is COc1ccc(N=Nc2c(C)nc3c(C)cccn23)cc1. The van der Waals surface area contributed by atoms with E-state index in [4.69, 9.17) is 4.74 Å². The molecule has 1 aromatic carbocycles. The molecule has 0 saturated carbocycles. The molecular formula is C16H16N4O. The number of imidazole rings is 1. The highest BCUT2D eigenvalue weighted by atomic mass is 16.5. The summed E-state index contributed by atoms with van der Waals surface area (Å²) in [6.07, 6.45) is 1.95. The molecule has 106 valence electrons. The molecule has 2 heterocycles. The number of pyridine rings is 1. The first-order chi connectivity index (χ1) is 10.2. The summed E-state index contributed by atoms with van der Waals surface area (Å²) >= 11 is 0. The van der Waals surface area contributed by atoms with Crippen LogP contribution in [-0.2, 0) is 0 Å². The van der Waals surface area contributed by atoms with Gasteiger partial charge in [0.15, 0.2) is 5.82 Å². The zero-order chi connectivity index (χ0) is 14.8. The Hall–Kier alpha value is -2.69. The minimum atomic E-state index is 0.754. The Morgan fingerprint density at radius 1 is 1.05 bits per heavy atom. The number of azo groups is 1. The van der Waals surface area contributed by atoms with Gasteiger partial charge in [0.25, 0.3) is 0 Å². The Morgan fingerprint density at radius 3 is 2.52 bits per heavy atom. The maximum absolute atomic E-state index is 5.12. The predicted molar refractivity (Wildman–Crippen MR) is 81.8 cm³/mol. The van der Waals surface area contributed by atoms with Gasteiger partial charge in [0.1, 0.15) is 11.4 Å². The average molecular weight is 280 g/mol. The van der Waals surface area contributed by atoms with Crippen LogP contribution in [0.4, 0.5) is 11.5 Å². The van der Waals surface area contributed by atoms with Crippen molar-refractivity contribution >= 4 is 17.2 Å². The van der Waals surface area contributed by atoms with Crippen molar-refractivity contribution < 1.29 is 4.74 Å². The zero-order valence-corrected chi connectivity index (χ0v) is 12.2. The summed E-state index contributed by atoms with van der Waals surface area (Å²) in [5.41, 5.74) is 3.67. The molecule has 2 aromatic heterocycles. The van der Waals surface area contributed by atoms with Crippen LogP contribution in [-0.4, -0.2) is 16.5 Å². The number of fused-ring (bicyclic) bond motifs is 1. The lowest BCUT2D eigenvalue weighted by molar-refractivity contribution is 0.415. The molecular weight excluding hydrogens is 264 g/mol. The fraction of sp³-hybridized carbons (Fsp3) is 0.188. The molecule has 0 spiro atoms. The Balaban J connectivity index is 1.99. The summed E-state index contributed by atoms with van der Waals surface area (Å²) in [5, 5.41) is 8.62. The number of methoxy groups -OCH3 is 1. The van der Waals surface area contributed by atoms with Crippen LogP contribution in [0.25, 0.3) is 5.65 Å². The maximum Gasteiger partial charge on any atom is 0.182 e. The number of hydrogen-bond acceptors (Lipinski definition) is 4. The second-order valence-electron chi connectivity index (χ2n) is 4.80. The first-order valence-corrected chi connectivity index (χ1v) is 6.69. The van der Waals surface area contributed by atoms with E-state index in [1.807, 2.05) is 60.8 Å². The summed E-state index contributed by atoms with van der Waals surface area (Å²) < 4.78 is 7.08. The average Bonchev–Trinajstić information content (AvgIpc) is 2.83. The van der Waals surface area contributed by atoms with Gasteiger partial charge in [-0.05, 0) is 49.7 Å². The van der Waals surface area contributed by atoms with Crippen molar-refractivity contribution in [3.05, 3.63) is 53.9 Å². The third-order valence-corrected chi connectivity index (χ3v) is 3.32. The highest BCUT2D eigenvalue weighted by Crippen LogP contribution is 2.25. The third kappa shape index (κ3) is 2.50. The number of ether oxygens (including phenoxy) is 1. The van der Waals surface area contributed by atoms with Crippen LogP contribution in [0.5, 0.6) is 5.75 Å². The van der Waals surface area contributed by atoms with Crippen molar-refractivity contribution in [2.75, 3.05) is 7.11 Å². The van der Waals surface area contributed by atoms with E-state index in [9.17, 15) is 0 Å². The molecule has 5 nitrogen and oxygen atoms in total. The van der Waals surface area contributed by atoms with Crippen LogP contribution in [0, 0.1) is 13.8 Å². The quantitative estimate of drug-likeness (QED) is 0.669. The van der Waals surface area contributed by atoms with E-state index in [0.717, 1.165) is 34.2 Å². The van der Waals surface area contributed by atoms with Gasteiger partial charge in [-0.15, -0.1) is 10.2 Å². The lowest BCUT2D eigenvalue weighted by atomic mass is 10.3. The Labute approximate surface area is 122 Å². The number of benzene rings is 1. The van der Waals surface area contributed by atoms with E-state index in [0.29, 0.717) is 0 Å². The summed E-state index contributed by atoms with van der Waals surface area (Å²) in [4.78, 5) is 4.54. The second-order valence-corrected chi connectivity index (χ2v) is 4.80. The number of rotatable bonds is 3. The van der Waals surface area contributed by atoms with E-state index in [1.54, 1.807) is 7.11 Å². The van der Waals surface area contributed by atoms with Gasteiger partial charge in [0.2, 0.25) is 0 Å². The summed E-state index contributed by atoms with van der Waals surface area (Å²) in [5.74, 6) is 1.56. The molecule has 21 heavy (non-hydrogen) atoms. The molecule has 0 unspecified atom stereocenters. The van der Waals surface area contributed by atoms with E-state index in [1.165, 1.54) is 0 Å². The molecule has 5 heteroatoms. The van der Waals surface area contributed by atoms with Crippen molar-refractivity contribution in [1.82, 2.24) is 9.38 Å². The fourth-order valence-corrected chi connectivity index (χ4v) is 2.18. The summed E-state index contributed by atoms with van der Waals surface area (Å²) in [6.45, 7) is 3.97. The van der Waals surface area contributed by atoms with Gasteiger partial charge < -0.3 is 4.74 Å². The van der Waals surface area contributed by atoms with Crippen molar-refractivity contribution in [3.63, 3.8) is 0 Å². The molecule has 3 aromatic rings. The number of hydrogen-bond donors (Lipinski definition) is 0. The lowest BCUT2D eigenvalue weighted by Crippen LogP contribution is -1.85. The minimum Gasteiger partial charge on any atom is -0.497 e. The molecule has 0 amide bonds. The number of aryl methyl sites for hydroxylation is 2. The monoisotopic (exact) mass is 280 g/mol. The van der Waals surface area contributed by atoms with Gasteiger partial charge in [-0.25, -0.2) is 4.98 Å². The van der Waals surface area contributed by atoms with Crippen molar-refractivity contribution in [2.45, 2.75) is 13.8 Å². The summed E-state index contributed by atoms with van der Waals surface area (Å²) in [7, 11) is 1.64. The molecule has 0 aliphatic carbocycles. The standard InChI is InChI=1S/C16H16N4O/c1-11-5-4-10-20-15(11)17-12(2)16(20)19-18-13-6-8-14(21-3)9-7-13/h4-10H,1-3H3. The predicted octanol–water partition coefficient (Wildman–Crippen LogP) is 4.38. The van der Waals surface area contributed by atoms with Crippen LogP contribution in [0.1, 0.15) is 11.3 Å². The zero-order valence-electron chi connectivity index (χ0n) is 12.2. The first kappa shape index (κ1) is 13.3. The van der Waals surface area contributed by atoms with Crippen LogP contribution >= 0.6 is 0 Å². The van der Waals surface area contributed by atoms with E-state index >= 15 is 0 Å². The highest BCUT2D eigenvalue weighted by molar-refractivity contribution is 5.56. The van der Waals surface area contributed by atoms with Gasteiger partial charge in [-0.3, -0.25) is 4.40 Å². The molecule has 3 rings (SSSR count). The maximum atomic E-state index is 5.12. The molecule has 0 aliphatic heterocycles. The topological polar surface area (TPSA) is 51.2 Å². The highest BCUT2D eigenvalue weighted by Gasteiger charge is 2.09. The van der Waals surface area contributed by atoms with E-state index in [-0.39, 0.29) is 0 Å². The normalized spacial score (nSPS) is 11.4. The van der Waals surface area contributed by atoms with Crippen LogP contribution < -0.4 is 4.74 Å². The lowest BCUT2D eigenvalue weighted by Gasteiger charge is -1.99. The van der Waals surface area contributed by atoms with E-state index in [2.05, 4.69) is 15.2 Å². The third-order valence-electron chi connectivity index (χ3n) is 3.32. The van der Waals surface area contributed by atoms with Crippen LogP contribution in [0.15, 0.2) is 52.8 Å². The van der Waals surface area contributed by atoms with E-state index < -0.39 is 0 Å². The van der Waals surface area contributed by atoms with Gasteiger partial charge in [-0.1, -0.05) is 6.07 Å². The number of aromatic nitrogens is 2. The molecule has 0 atom stereocenters. The van der Waals surface area contributed by atoms with Gasteiger partial charge in [0.05, 0.1) is 18.5 Å². The molecule has 0 saturated heterocycles. The Morgan fingerprint density at radius 2 is 1.81 bits per heavy atom. The molecule has 0 fully saturated rings. The largest absolute Gasteiger partial charge is 0.497 e.